The molecule has 0 spiro atoms. The van der Waals surface area contributed by atoms with Crippen LogP contribution in [0, 0.1) is 6.92 Å². The molecule has 5 nitrogen and oxygen atoms in total. The van der Waals surface area contributed by atoms with Crippen LogP contribution in [0.4, 0.5) is 10.5 Å². The van der Waals surface area contributed by atoms with E-state index in [1.165, 1.54) is 4.90 Å². The zero-order valence-electron chi connectivity index (χ0n) is 11.4. The molecule has 0 bridgehead atoms. The lowest BCUT2D eigenvalue weighted by Gasteiger charge is -2.31. The van der Waals surface area contributed by atoms with E-state index in [9.17, 15) is 14.7 Å². The van der Waals surface area contributed by atoms with Crippen LogP contribution in [0.5, 0.6) is 0 Å². The fourth-order valence-electron chi connectivity index (χ4n) is 2.42. The Hall–Kier alpha value is -1.56. The Bertz CT molecular complexity index is 561. The first-order valence-corrected chi connectivity index (χ1v) is 7.22. The van der Waals surface area contributed by atoms with Crippen molar-refractivity contribution in [3.63, 3.8) is 0 Å². The number of nitrogens with zero attached hydrogens (tertiary/aromatic N) is 1. The van der Waals surface area contributed by atoms with E-state index >= 15 is 0 Å². The molecule has 0 aliphatic carbocycles. The molecule has 0 saturated carbocycles. The minimum atomic E-state index is -1.12. The highest BCUT2D eigenvalue weighted by Gasteiger charge is 2.45. The van der Waals surface area contributed by atoms with E-state index in [0.29, 0.717) is 25.1 Å². The first-order chi connectivity index (χ1) is 9.34. The Morgan fingerprint density at radius 2 is 2.15 bits per heavy atom. The van der Waals surface area contributed by atoms with Gasteiger partial charge in [0.05, 0.1) is 0 Å². The summed E-state index contributed by atoms with van der Waals surface area (Å²) in [5.41, 5.74) is 0.551. The first kappa shape index (κ1) is 14.8. The molecule has 1 aromatic rings. The molecule has 20 heavy (non-hydrogen) atoms. The number of anilines is 1. The van der Waals surface area contributed by atoms with Gasteiger partial charge in [0, 0.05) is 16.7 Å². The minimum absolute atomic E-state index is 0.367. The molecule has 1 atom stereocenters. The molecule has 108 valence electrons. The number of hydrogen-bond donors (Lipinski definition) is 2. The molecular weight excluding hydrogens is 324 g/mol. The van der Waals surface area contributed by atoms with Crippen LogP contribution < -0.4 is 5.32 Å². The fraction of sp³-hybridized carbons (Fsp3) is 0.429. The molecular formula is C14H17BrN2O3. The number of aliphatic carboxylic acids is 1. The summed E-state index contributed by atoms with van der Waals surface area (Å²) >= 11 is 3.40. The van der Waals surface area contributed by atoms with Crippen LogP contribution in [-0.4, -0.2) is 34.1 Å². The number of urea groups is 1. The van der Waals surface area contributed by atoms with Gasteiger partial charge in [0.2, 0.25) is 0 Å². The Labute approximate surface area is 126 Å². The predicted molar refractivity (Wildman–Crippen MR) is 79.9 cm³/mol. The average molecular weight is 341 g/mol. The molecule has 2 amide bonds. The van der Waals surface area contributed by atoms with Crippen LogP contribution in [0.2, 0.25) is 0 Å². The zero-order valence-corrected chi connectivity index (χ0v) is 13.0. The van der Waals surface area contributed by atoms with Crippen LogP contribution in [0.15, 0.2) is 22.7 Å². The summed E-state index contributed by atoms with van der Waals surface area (Å²) in [6.07, 6.45) is 1.19. The van der Waals surface area contributed by atoms with Gasteiger partial charge in [0.15, 0.2) is 0 Å². The minimum Gasteiger partial charge on any atom is -0.480 e. The number of carbonyl (C=O) groups excluding carboxylic acids is 1. The Morgan fingerprint density at radius 1 is 1.45 bits per heavy atom. The topological polar surface area (TPSA) is 69.6 Å². The van der Waals surface area contributed by atoms with Gasteiger partial charge in [-0.2, -0.15) is 0 Å². The summed E-state index contributed by atoms with van der Waals surface area (Å²) in [5, 5.41) is 12.1. The van der Waals surface area contributed by atoms with E-state index in [4.69, 9.17) is 0 Å². The van der Waals surface area contributed by atoms with Crippen molar-refractivity contribution in [2.75, 3.05) is 11.9 Å². The number of benzene rings is 1. The lowest BCUT2D eigenvalue weighted by molar-refractivity contribution is -0.146. The number of aryl methyl sites for hydroxylation is 1. The number of likely N-dealkylation sites (tertiary alicyclic amines) is 1. The average Bonchev–Trinajstić information content (AvgIpc) is 2.77. The normalized spacial score (nSPS) is 21.9. The van der Waals surface area contributed by atoms with E-state index < -0.39 is 11.5 Å². The Kier molecular flexibility index (Phi) is 4.04. The number of halogens is 1. The third-order valence-corrected chi connectivity index (χ3v) is 4.65. The summed E-state index contributed by atoms with van der Waals surface area (Å²) in [4.78, 5) is 25.0. The van der Waals surface area contributed by atoms with Crippen LogP contribution in [0.3, 0.4) is 0 Å². The molecule has 1 unspecified atom stereocenters. The van der Waals surface area contributed by atoms with Gasteiger partial charge in [-0.15, -0.1) is 0 Å². The molecule has 1 fully saturated rings. The van der Waals surface area contributed by atoms with Crippen molar-refractivity contribution in [1.82, 2.24) is 4.90 Å². The number of rotatable bonds is 2. The highest BCUT2D eigenvalue weighted by atomic mass is 79.9. The highest BCUT2D eigenvalue weighted by Crippen LogP contribution is 2.30. The maximum atomic E-state index is 12.3. The van der Waals surface area contributed by atoms with E-state index in [2.05, 4.69) is 21.2 Å². The quantitative estimate of drug-likeness (QED) is 0.868. The van der Waals surface area contributed by atoms with Crippen LogP contribution in [0.25, 0.3) is 0 Å². The number of nitrogens with one attached hydrogen (secondary N) is 1. The van der Waals surface area contributed by atoms with Crippen molar-refractivity contribution in [3.05, 3.63) is 28.2 Å². The molecule has 1 aromatic carbocycles. The van der Waals surface area contributed by atoms with Crippen LogP contribution in [-0.2, 0) is 4.79 Å². The summed E-state index contributed by atoms with van der Waals surface area (Å²) in [6, 6.07) is 5.11. The van der Waals surface area contributed by atoms with Crippen LogP contribution in [0.1, 0.15) is 25.3 Å². The molecule has 6 heteroatoms. The lowest BCUT2D eigenvalue weighted by atomic mass is 10.00. The molecule has 1 saturated heterocycles. The largest absolute Gasteiger partial charge is 0.480 e. The molecule has 2 N–H and O–H groups in total. The van der Waals surface area contributed by atoms with Crippen molar-refractivity contribution in [3.8, 4) is 0 Å². The molecule has 2 rings (SSSR count). The number of carbonyl (C=O) groups is 2. The number of amides is 2. The second-order valence-electron chi connectivity index (χ2n) is 5.23. The summed E-state index contributed by atoms with van der Waals surface area (Å²) < 4.78 is 0.965. The van der Waals surface area contributed by atoms with Crippen molar-refractivity contribution in [1.29, 1.82) is 0 Å². The van der Waals surface area contributed by atoms with Crippen molar-refractivity contribution in [2.45, 2.75) is 32.2 Å². The third kappa shape index (κ3) is 2.65. The third-order valence-electron chi connectivity index (χ3n) is 3.76. The molecule has 0 radical (unpaired) electrons. The SMILES string of the molecule is Cc1cc(NC(=O)N2CCCC2(C)C(=O)O)ccc1Br. The van der Waals surface area contributed by atoms with Crippen LogP contribution >= 0.6 is 15.9 Å². The van der Waals surface area contributed by atoms with Crippen molar-refractivity contribution < 1.29 is 14.7 Å². The Balaban J connectivity index is 2.15. The standard InChI is InChI=1S/C14H17BrN2O3/c1-9-8-10(4-5-11(9)15)16-13(20)17-7-3-6-14(17,2)12(18)19/h4-5,8H,3,6-7H2,1-2H3,(H,16,20)(H,18,19). The summed E-state index contributed by atoms with van der Waals surface area (Å²) in [7, 11) is 0. The van der Waals surface area contributed by atoms with Crippen molar-refractivity contribution >= 4 is 33.6 Å². The monoisotopic (exact) mass is 340 g/mol. The maximum absolute atomic E-state index is 12.3. The smallest absolute Gasteiger partial charge is 0.329 e. The van der Waals surface area contributed by atoms with Gasteiger partial charge in [-0.25, -0.2) is 9.59 Å². The van der Waals surface area contributed by atoms with Gasteiger partial charge in [0.1, 0.15) is 5.54 Å². The van der Waals surface area contributed by atoms with E-state index in [1.54, 1.807) is 13.0 Å². The molecule has 0 aromatic heterocycles. The molecule has 1 heterocycles. The maximum Gasteiger partial charge on any atom is 0.329 e. The van der Waals surface area contributed by atoms with Gasteiger partial charge >= 0.3 is 12.0 Å². The second-order valence-corrected chi connectivity index (χ2v) is 6.08. The number of hydrogen-bond acceptors (Lipinski definition) is 2. The van der Waals surface area contributed by atoms with E-state index in [1.807, 2.05) is 19.1 Å². The van der Waals surface area contributed by atoms with E-state index in [-0.39, 0.29) is 6.03 Å². The van der Waals surface area contributed by atoms with Gasteiger partial charge in [-0.3, -0.25) is 0 Å². The lowest BCUT2D eigenvalue weighted by Crippen LogP contribution is -2.52. The molecule has 1 aliphatic rings. The van der Waals surface area contributed by atoms with Gasteiger partial charge in [-0.05, 0) is 50.5 Å². The second kappa shape index (κ2) is 5.44. The first-order valence-electron chi connectivity index (χ1n) is 6.43. The van der Waals surface area contributed by atoms with Gasteiger partial charge < -0.3 is 15.3 Å². The molecule has 1 aliphatic heterocycles. The predicted octanol–water partition coefficient (Wildman–Crippen LogP) is 3.23. The van der Waals surface area contributed by atoms with E-state index in [0.717, 1.165) is 10.0 Å². The highest BCUT2D eigenvalue weighted by molar-refractivity contribution is 9.10. The Morgan fingerprint density at radius 3 is 2.75 bits per heavy atom. The number of carboxylic acid groups (broad SMARTS) is 1. The van der Waals surface area contributed by atoms with Gasteiger partial charge in [-0.1, -0.05) is 15.9 Å². The summed E-state index contributed by atoms with van der Waals surface area (Å²) in [6.45, 7) is 3.98. The zero-order chi connectivity index (χ0) is 14.9. The van der Waals surface area contributed by atoms with Crippen molar-refractivity contribution in [2.24, 2.45) is 0 Å². The summed E-state index contributed by atoms with van der Waals surface area (Å²) in [5.74, 6) is -0.961. The fourth-order valence-corrected chi connectivity index (χ4v) is 2.67. The van der Waals surface area contributed by atoms with Gasteiger partial charge in [0.25, 0.3) is 0 Å². The number of carboxylic acids is 1.